The Morgan fingerprint density at radius 2 is 2.05 bits per heavy atom. The molecule has 1 unspecified atom stereocenters. The normalized spacial score (nSPS) is 12.3. The predicted molar refractivity (Wildman–Crippen MR) is 87.8 cm³/mol. The molecule has 0 aliphatic heterocycles. The van der Waals surface area contributed by atoms with Crippen molar-refractivity contribution in [1.82, 2.24) is 15.3 Å². The van der Waals surface area contributed by atoms with Crippen LogP contribution in [0.15, 0.2) is 48.7 Å². The van der Waals surface area contributed by atoms with Gasteiger partial charge in [-0.1, -0.05) is 31.2 Å². The topological polar surface area (TPSA) is 57.8 Å². The van der Waals surface area contributed by atoms with Gasteiger partial charge < -0.3 is 10.3 Å². The fourth-order valence-corrected chi connectivity index (χ4v) is 2.48. The first-order valence-corrected chi connectivity index (χ1v) is 7.51. The van der Waals surface area contributed by atoms with Crippen LogP contribution in [0.4, 0.5) is 0 Å². The number of rotatable bonds is 4. The summed E-state index contributed by atoms with van der Waals surface area (Å²) in [5, 5.41) is 3.01. The molecule has 1 atom stereocenters. The number of nitrogens with one attached hydrogen (secondary N) is 2. The van der Waals surface area contributed by atoms with Gasteiger partial charge in [0.05, 0.1) is 17.1 Å². The first-order chi connectivity index (χ1) is 10.7. The third kappa shape index (κ3) is 2.86. The molecule has 2 N–H and O–H groups in total. The van der Waals surface area contributed by atoms with Crippen molar-refractivity contribution in [3.05, 3.63) is 65.5 Å². The lowest BCUT2D eigenvalue weighted by atomic mass is 10.0. The second kappa shape index (κ2) is 6.02. The second-order valence-electron chi connectivity index (χ2n) is 5.41. The van der Waals surface area contributed by atoms with E-state index in [-0.39, 0.29) is 11.9 Å². The summed E-state index contributed by atoms with van der Waals surface area (Å²) in [6.07, 6.45) is 2.73. The first-order valence-electron chi connectivity index (χ1n) is 7.51. The van der Waals surface area contributed by atoms with Crippen molar-refractivity contribution in [2.45, 2.75) is 26.3 Å². The molecule has 3 rings (SSSR count). The first kappa shape index (κ1) is 14.3. The minimum absolute atomic E-state index is 0.0437. The van der Waals surface area contributed by atoms with Gasteiger partial charge in [0.1, 0.15) is 5.69 Å². The van der Waals surface area contributed by atoms with Gasteiger partial charge in [-0.3, -0.25) is 9.78 Å². The Bertz CT molecular complexity index is 756. The Morgan fingerprint density at radius 1 is 1.27 bits per heavy atom. The number of aryl methyl sites for hydroxylation is 1. The molecule has 3 aromatic rings. The minimum atomic E-state index is -0.120. The van der Waals surface area contributed by atoms with Crippen LogP contribution in [0.1, 0.15) is 41.5 Å². The number of fused-ring (bicyclic) bond motifs is 1. The second-order valence-corrected chi connectivity index (χ2v) is 5.41. The molecule has 2 aromatic heterocycles. The van der Waals surface area contributed by atoms with E-state index in [0.29, 0.717) is 5.69 Å². The van der Waals surface area contributed by atoms with E-state index in [2.05, 4.69) is 46.5 Å². The van der Waals surface area contributed by atoms with Crippen molar-refractivity contribution in [1.29, 1.82) is 0 Å². The summed E-state index contributed by atoms with van der Waals surface area (Å²) in [5.74, 6) is -0.120. The number of hydrogen-bond donors (Lipinski definition) is 2. The van der Waals surface area contributed by atoms with Crippen LogP contribution in [0, 0.1) is 0 Å². The molecule has 1 amide bonds. The molecule has 0 radical (unpaired) electrons. The zero-order valence-corrected chi connectivity index (χ0v) is 12.8. The number of carbonyl (C=O) groups excluding carboxylic acids is 1. The average Bonchev–Trinajstić information content (AvgIpc) is 2.99. The van der Waals surface area contributed by atoms with Crippen molar-refractivity contribution in [3.8, 4) is 0 Å². The van der Waals surface area contributed by atoms with Crippen LogP contribution in [-0.4, -0.2) is 15.9 Å². The highest BCUT2D eigenvalue weighted by Crippen LogP contribution is 2.16. The Hall–Kier alpha value is -2.62. The maximum atomic E-state index is 12.4. The van der Waals surface area contributed by atoms with E-state index >= 15 is 0 Å². The van der Waals surface area contributed by atoms with Gasteiger partial charge in [0, 0.05) is 6.20 Å². The highest BCUT2D eigenvalue weighted by Gasteiger charge is 2.13. The zero-order chi connectivity index (χ0) is 15.5. The summed E-state index contributed by atoms with van der Waals surface area (Å²) in [6, 6.07) is 13.8. The number of nitrogens with zero attached hydrogens (tertiary/aromatic N) is 1. The summed E-state index contributed by atoms with van der Waals surface area (Å²) in [6.45, 7) is 4.11. The molecule has 0 fully saturated rings. The quantitative estimate of drug-likeness (QED) is 0.772. The third-order valence-electron chi connectivity index (χ3n) is 3.87. The number of amides is 1. The van der Waals surface area contributed by atoms with Crippen molar-refractivity contribution in [2.24, 2.45) is 0 Å². The molecule has 112 valence electrons. The molecule has 0 aliphatic rings. The molecule has 0 saturated carbocycles. The Kier molecular flexibility index (Phi) is 3.92. The molecular weight excluding hydrogens is 274 g/mol. The van der Waals surface area contributed by atoms with Gasteiger partial charge in [0.25, 0.3) is 5.91 Å². The van der Waals surface area contributed by atoms with Gasteiger partial charge >= 0.3 is 0 Å². The SMILES string of the molecule is CCc1ccc(C(C)NC(=O)c2cc3ncccc3[nH]2)cc1. The number of pyridine rings is 1. The number of aromatic nitrogens is 2. The van der Waals surface area contributed by atoms with E-state index in [4.69, 9.17) is 0 Å². The lowest BCUT2D eigenvalue weighted by Gasteiger charge is -2.14. The average molecular weight is 293 g/mol. The summed E-state index contributed by atoms with van der Waals surface area (Å²) in [7, 11) is 0. The van der Waals surface area contributed by atoms with Gasteiger partial charge in [0.15, 0.2) is 0 Å². The number of hydrogen-bond acceptors (Lipinski definition) is 2. The Labute approximate surface area is 129 Å². The van der Waals surface area contributed by atoms with Gasteiger partial charge in [0.2, 0.25) is 0 Å². The van der Waals surface area contributed by atoms with Gasteiger partial charge in [-0.25, -0.2) is 0 Å². The van der Waals surface area contributed by atoms with Crippen molar-refractivity contribution >= 4 is 16.9 Å². The monoisotopic (exact) mass is 293 g/mol. The number of H-pyrrole nitrogens is 1. The van der Waals surface area contributed by atoms with Crippen LogP contribution in [0.2, 0.25) is 0 Å². The van der Waals surface area contributed by atoms with E-state index in [1.807, 2.05) is 19.1 Å². The van der Waals surface area contributed by atoms with Gasteiger partial charge in [-0.15, -0.1) is 0 Å². The number of benzene rings is 1. The maximum absolute atomic E-state index is 12.4. The Balaban J connectivity index is 1.74. The molecule has 2 heterocycles. The smallest absolute Gasteiger partial charge is 0.268 e. The van der Waals surface area contributed by atoms with Crippen LogP contribution in [-0.2, 0) is 6.42 Å². The highest BCUT2D eigenvalue weighted by atomic mass is 16.1. The standard InChI is InChI=1S/C18H19N3O/c1-3-13-6-8-14(9-7-13)12(2)20-18(22)17-11-16-15(21-17)5-4-10-19-16/h4-12,21H,3H2,1-2H3,(H,20,22). The summed E-state index contributed by atoms with van der Waals surface area (Å²) < 4.78 is 0. The molecule has 0 saturated heterocycles. The molecule has 0 spiro atoms. The van der Waals surface area contributed by atoms with E-state index in [1.165, 1.54) is 5.56 Å². The molecule has 4 nitrogen and oxygen atoms in total. The molecule has 0 aliphatic carbocycles. The van der Waals surface area contributed by atoms with Gasteiger partial charge in [-0.2, -0.15) is 0 Å². The van der Waals surface area contributed by atoms with E-state index < -0.39 is 0 Å². The van der Waals surface area contributed by atoms with E-state index in [1.54, 1.807) is 12.3 Å². The van der Waals surface area contributed by atoms with Crippen LogP contribution in [0.3, 0.4) is 0 Å². The summed E-state index contributed by atoms with van der Waals surface area (Å²) in [5.41, 5.74) is 4.59. The molecule has 22 heavy (non-hydrogen) atoms. The largest absolute Gasteiger partial charge is 0.349 e. The lowest BCUT2D eigenvalue weighted by molar-refractivity contribution is 0.0935. The van der Waals surface area contributed by atoms with Crippen LogP contribution in [0.25, 0.3) is 11.0 Å². The third-order valence-corrected chi connectivity index (χ3v) is 3.87. The maximum Gasteiger partial charge on any atom is 0.268 e. The molecule has 0 bridgehead atoms. The van der Waals surface area contributed by atoms with Crippen LogP contribution >= 0.6 is 0 Å². The fourth-order valence-electron chi connectivity index (χ4n) is 2.48. The van der Waals surface area contributed by atoms with Gasteiger partial charge in [-0.05, 0) is 42.7 Å². The van der Waals surface area contributed by atoms with Crippen LogP contribution in [0.5, 0.6) is 0 Å². The molecule has 4 heteroatoms. The van der Waals surface area contributed by atoms with Crippen molar-refractivity contribution in [2.75, 3.05) is 0 Å². The fraction of sp³-hybridized carbons (Fsp3) is 0.222. The number of carbonyl (C=O) groups is 1. The Morgan fingerprint density at radius 3 is 2.73 bits per heavy atom. The van der Waals surface area contributed by atoms with Crippen LogP contribution < -0.4 is 5.32 Å². The zero-order valence-electron chi connectivity index (χ0n) is 12.8. The van der Waals surface area contributed by atoms with E-state index in [9.17, 15) is 4.79 Å². The summed E-state index contributed by atoms with van der Waals surface area (Å²) >= 11 is 0. The number of aromatic amines is 1. The van der Waals surface area contributed by atoms with E-state index in [0.717, 1.165) is 23.0 Å². The summed E-state index contributed by atoms with van der Waals surface area (Å²) in [4.78, 5) is 19.7. The minimum Gasteiger partial charge on any atom is -0.349 e. The van der Waals surface area contributed by atoms with Crippen molar-refractivity contribution < 1.29 is 4.79 Å². The highest BCUT2D eigenvalue weighted by molar-refractivity contribution is 5.97. The molecule has 1 aromatic carbocycles. The molecular formula is C18H19N3O. The van der Waals surface area contributed by atoms with Crippen molar-refractivity contribution in [3.63, 3.8) is 0 Å². The lowest BCUT2D eigenvalue weighted by Crippen LogP contribution is -2.26. The predicted octanol–water partition coefficient (Wildman–Crippen LogP) is 3.62.